The van der Waals surface area contributed by atoms with Gasteiger partial charge in [0.1, 0.15) is 0 Å². The van der Waals surface area contributed by atoms with E-state index in [-0.39, 0.29) is 6.04 Å². The fourth-order valence-corrected chi connectivity index (χ4v) is 2.50. The van der Waals surface area contributed by atoms with Gasteiger partial charge in [-0.1, -0.05) is 73.7 Å². The molecule has 0 aliphatic carbocycles. The molecule has 0 bridgehead atoms. The van der Waals surface area contributed by atoms with Crippen LogP contribution in [0.4, 0.5) is 0 Å². The van der Waals surface area contributed by atoms with Crippen LogP contribution in [0.5, 0.6) is 0 Å². The molecule has 0 radical (unpaired) electrons. The molecule has 0 unspecified atom stereocenters. The van der Waals surface area contributed by atoms with Crippen LogP contribution in [0.25, 0.3) is 0 Å². The molecule has 2 aromatic rings. The summed E-state index contributed by atoms with van der Waals surface area (Å²) in [7, 11) is 0. The van der Waals surface area contributed by atoms with Gasteiger partial charge in [-0.05, 0) is 12.8 Å². The van der Waals surface area contributed by atoms with Crippen molar-refractivity contribution in [1.82, 2.24) is 0 Å². The summed E-state index contributed by atoms with van der Waals surface area (Å²) in [5, 5.41) is 0. The van der Waals surface area contributed by atoms with Crippen LogP contribution in [-0.4, -0.2) is 10.8 Å². The molecule has 3 heteroatoms. The topological polar surface area (TPSA) is 3.01 Å². The average Bonchev–Trinajstić information content (AvgIpc) is 2.63. The Kier molecular flexibility index (Phi) is 10.6. The fourth-order valence-electron chi connectivity index (χ4n) is 2.50. The van der Waals surface area contributed by atoms with Crippen molar-refractivity contribution in [3.8, 4) is 0 Å². The molecular formula is C20H23BrNZn+. The zero-order valence-electron chi connectivity index (χ0n) is 13.7. The number of benzene rings is 2. The van der Waals surface area contributed by atoms with Crippen molar-refractivity contribution in [2.45, 2.75) is 25.8 Å². The van der Waals surface area contributed by atoms with Gasteiger partial charge in [0.05, 0.1) is 0 Å². The zero-order valence-corrected chi connectivity index (χ0v) is 18.3. The summed E-state index contributed by atoms with van der Waals surface area (Å²) in [6.45, 7) is 8.20. The van der Waals surface area contributed by atoms with Crippen molar-refractivity contribution in [2.75, 3.05) is 0 Å². The van der Waals surface area contributed by atoms with Crippen molar-refractivity contribution < 1.29 is 20.9 Å². The first-order valence-corrected chi connectivity index (χ1v) is 14.7. The van der Waals surface area contributed by atoms with E-state index < -0.39 is 0 Å². The molecule has 1 nitrogen and oxygen atoms in total. The van der Waals surface area contributed by atoms with Gasteiger partial charge in [-0.15, -0.1) is 6.58 Å². The SMILES string of the molecule is C=CC[CH-][N+](=CCC)C(c1ccccc1)c1ccccc1.[Zn+][Br]. The van der Waals surface area contributed by atoms with E-state index in [1.807, 2.05) is 6.08 Å². The van der Waals surface area contributed by atoms with Crippen LogP contribution in [0.2, 0.25) is 0 Å². The molecule has 0 fully saturated rings. The molecule has 0 N–H and O–H groups in total. The first-order valence-electron chi connectivity index (χ1n) is 7.78. The number of rotatable bonds is 7. The third-order valence-corrected chi connectivity index (χ3v) is 3.41. The Balaban J connectivity index is 0.00000127. The van der Waals surface area contributed by atoms with Gasteiger partial charge in [-0.2, -0.15) is 0 Å². The van der Waals surface area contributed by atoms with E-state index in [2.05, 4.69) is 105 Å². The standard InChI is InChI=1S/C20H23N.BrH.Zn/c1-3-5-17-21(16-4-2)20(18-12-8-6-9-13-18)19-14-10-7-11-15-19;;/h3,6-17,20H,1,4-5H2,2H3;1H;/q;;+2/p-1. The monoisotopic (exact) mass is 420 g/mol. The van der Waals surface area contributed by atoms with Crippen LogP contribution in [-0.2, 0) is 16.3 Å². The molecule has 0 saturated carbocycles. The van der Waals surface area contributed by atoms with E-state index in [1.54, 1.807) is 0 Å². The van der Waals surface area contributed by atoms with E-state index in [1.165, 1.54) is 27.5 Å². The fraction of sp³-hybridized carbons (Fsp3) is 0.200. The maximum atomic E-state index is 3.83. The summed E-state index contributed by atoms with van der Waals surface area (Å²) < 4.78 is 2.31. The summed E-state index contributed by atoms with van der Waals surface area (Å²) in [6, 6.07) is 21.5. The van der Waals surface area contributed by atoms with Crippen LogP contribution in [0.3, 0.4) is 0 Å². The molecular weight excluding hydrogens is 400 g/mol. The van der Waals surface area contributed by atoms with Crippen LogP contribution < -0.4 is 0 Å². The van der Waals surface area contributed by atoms with Gasteiger partial charge in [0, 0.05) is 23.9 Å². The molecule has 0 atom stereocenters. The van der Waals surface area contributed by atoms with E-state index in [4.69, 9.17) is 0 Å². The molecule has 2 rings (SSSR count). The Morgan fingerprint density at radius 1 is 1.04 bits per heavy atom. The van der Waals surface area contributed by atoms with E-state index in [0.29, 0.717) is 0 Å². The number of halogens is 1. The third-order valence-electron chi connectivity index (χ3n) is 3.41. The molecule has 0 aromatic heterocycles. The Morgan fingerprint density at radius 2 is 1.52 bits per heavy atom. The number of hydrogen-bond donors (Lipinski definition) is 0. The normalized spacial score (nSPS) is 10.7. The van der Waals surface area contributed by atoms with Gasteiger partial charge in [0.15, 0.2) is 6.04 Å². The van der Waals surface area contributed by atoms with Gasteiger partial charge in [-0.3, -0.25) is 0 Å². The first-order chi connectivity index (χ1) is 11.4. The zero-order chi connectivity index (χ0) is 16.9. The van der Waals surface area contributed by atoms with Crippen molar-refractivity contribution in [3.63, 3.8) is 0 Å². The number of nitrogens with zero attached hydrogens (tertiary/aromatic N) is 1. The molecule has 2 aromatic carbocycles. The van der Waals surface area contributed by atoms with Crippen LogP contribution in [0, 0.1) is 6.54 Å². The molecule has 0 amide bonds. The predicted molar refractivity (Wildman–Crippen MR) is 99.4 cm³/mol. The van der Waals surface area contributed by atoms with Crippen LogP contribution in [0.1, 0.15) is 36.9 Å². The van der Waals surface area contributed by atoms with Gasteiger partial charge >= 0.3 is 30.0 Å². The van der Waals surface area contributed by atoms with Crippen LogP contribution >= 0.6 is 13.6 Å². The van der Waals surface area contributed by atoms with Crippen molar-refractivity contribution in [2.24, 2.45) is 0 Å². The molecule has 0 heterocycles. The Hall–Kier alpha value is -1.18. The summed E-state index contributed by atoms with van der Waals surface area (Å²) in [5.41, 5.74) is 2.60. The Bertz CT molecular complexity index is 542. The second-order valence-corrected chi connectivity index (χ2v) is 4.97. The van der Waals surface area contributed by atoms with E-state index in [0.717, 1.165) is 12.8 Å². The van der Waals surface area contributed by atoms with Gasteiger partial charge in [-0.25, -0.2) is 0 Å². The quantitative estimate of drug-likeness (QED) is 0.173. The second-order valence-electron chi connectivity index (χ2n) is 4.97. The molecule has 23 heavy (non-hydrogen) atoms. The Labute approximate surface area is 157 Å². The summed E-state index contributed by atoms with van der Waals surface area (Å²) in [4.78, 5) is 0. The first kappa shape index (κ1) is 19.9. The van der Waals surface area contributed by atoms with Gasteiger partial charge < -0.3 is 4.58 Å². The molecule has 116 valence electrons. The Morgan fingerprint density at radius 3 is 1.91 bits per heavy atom. The third kappa shape index (κ3) is 6.45. The van der Waals surface area contributed by atoms with E-state index in [9.17, 15) is 0 Å². The minimum atomic E-state index is 0.215. The summed E-state index contributed by atoms with van der Waals surface area (Å²) >= 11 is 4.25. The van der Waals surface area contributed by atoms with Crippen molar-refractivity contribution in [3.05, 3.63) is 91.0 Å². The summed E-state index contributed by atoms with van der Waals surface area (Å²) in [6.07, 6.45) is 6.05. The van der Waals surface area contributed by atoms with Crippen molar-refractivity contribution in [1.29, 1.82) is 0 Å². The minimum absolute atomic E-state index is 0.215. The van der Waals surface area contributed by atoms with Crippen LogP contribution in [0.15, 0.2) is 73.3 Å². The molecule has 0 aliphatic heterocycles. The van der Waals surface area contributed by atoms with Crippen molar-refractivity contribution >= 4 is 19.8 Å². The summed E-state index contributed by atoms with van der Waals surface area (Å²) in [5.74, 6) is 0. The maximum absolute atomic E-state index is 3.83. The molecule has 0 spiro atoms. The van der Waals surface area contributed by atoms with E-state index >= 15 is 0 Å². The predicted octanol–water partition coefficient (Wildman–Crippen LogP) is 5.85. The second kappa shape index (κ2) is 12.3. The van der Waals surface area contributed by atoms with Gasteiger partial charge in [0.25, 0.3) is 0 Å². The molecule has 0 saturated heterocycles. The average molecular weight is 423 g/mol. The van der Waals surface area contributed by atoms with Gasteiger partial charge in [0.2, 0.25) is 0 Å². The number of hydrogen-bond acceptors (Lipinski definition) is 0. The molecule has 0 aliphatic rings.